The maximum atomic E-state index is 12.3. The van der Waals surface area contributed by atoms with Crippen LogP contribution in [-0.2, 0) is 16.1 Å². The molecule has 0 aliphatic carbocycles. The fourth-order valence-electron chi connectivity index (χ4n) is 3.35. The van der Waals surface area contributed by atoms with Crippen molar-refractivity contribution in [3.05, 3.63) is 35.4 Å². The lowest BCUT2D eigenvalue weighted by Crippen LogP contribution is -2.41. The van der Waals surface area contributed by atoms with Gasteiger partial charge in [0.05, 0.1) is 18.2 Å². The fourth-order valence-corrected chi connectivity index (χ4v) is 3.35. The van der Waals surface area contributed by atoms with Crippen molar-refractivity contribution in [2.75, 3.05) is 26.2 Å². The average molecular weight is 385 g/mol. The van der Waals surface area contributed by atoms with Crippen molar-refractivity contribution in [2.24, 2.45) is 0 Å². The van der Waals surface area contributed by atoms with Crippen LogP contribution in [0.1, 0.15) is 57.1 Å². The monoisotopic (exact) mass is 384 g/mol. The molecule has 1 saturated heterocycles. The largest absolute Gasteiger partial charge is 0.355 e. The number of carbonyl (C=O) groups excluding carboxylic acids is 2. The van der Waals surface area contributed by atoms with Gasteiger partial charge in [-0.1, -0.05) is 18.6 Å². The quantitative estimate of drug-likeness (QED) is 0.664. The predicted molar refractivity (Wildman–Crippen MR) is 109 cm³/mol. The van der Waals surface area contributed by atoms with Crippen molar-refractivity contribution in [2.45, 2.75) is 58.5 Å². The highest BCUT2D eigenvalue weighted by molar-refractivity contribution is 5.78. The molecule has 0 saturated carbocycles. The maximum Gasteiger partial charge on any atom is 0.234 e. The molecule has 2 amide bonds. The van der Waals surface area contributed by atoms with Crippen LogP contribution in [0.25, 0.3) is 0 Å². The van der Waals surface area contributed by atoms with Gasteiger partial charge in [-0.05, 0) is 50.8 Å². The fraction of sp³-hybridized carbons (Fsp3) is 0.591. The summed E-state index contributed by atoms with van der Waals surface area (Å²) < 4.78 is 0. The lowest BCUT2D eigenvalue weighted by atomic mass is 10.1. The standard InChI is InChI=1S/C22H32N4O2/c1-18(2)26(16-20-10-8-19(15-23)9-11-20)17-21(27)24-12-6-14-25-13-5-3-4-7-22(25)28/h8-11,18H,3-7,12-14,16-17H2,1-2H3,(H,24,27). The Bertz CT molecular complexity index is 679. The molecule has 0 aromatic heterocycles. The molecule has 1 heterocycles. The molecule has 1 aliphatic heterocycles. The molecule has 0 radical (unpaired) electrons. The number of benzene rings is 1. The lowest BCUT2D eigenvalue weighted by molar-refractivity contribution is -0.130. The molecule has 1 aromatic rings. The Balaban J connectivity index is 1.74. The molecule has 152 valence electrons. The third-order valence-corrected chi connectivity index (χ3v) is 5.14. The summed E-state index contributed by atoms with van der Waals surface area (Å²) >= 11 is 0. The van der Waals surface area contributed by atoms with Gasteiger partial charge in [0.2, 0.25) is 11.8 Å². The number of nitrogens with zero attached hydrogens (tertiary/aromatic N) is 3. The van der Waals surface area contributed by atoms with Gasteiger partial charge in [-0.25, -0.2) is 0 Å². The second-order valence-electron chi connectivity index (χ2n) is 7.70. The summed E-state index contributed by atoms with van der Waals surface area (Å²) in [5.74, 6) is 0.252. The number of carbonyl (C=O) groups is 2. The van der Waals surface area contributed by atoms with E-state index in [1.807, 2.05) is 17.0 Å². The molecule has 0 spiro atoms. The Morgan fingerprint density at radius 3 is 2.68 bits per heavy atom. The number of likely N-dealkylation sites (tertiary alicyclic amines) is 1. The Kier molecular flexibility index (Phi) is 8.96. The van der Waals surface area contributed by atoms with Crippen LogP contribution in [0.4, 0.5) is 0 Å². The van der Waals surface area contributed by atoms with Gasteiger partial charge in [0.1, 0.15) is 0 Å². The summed E-state index contributed by atoms with van der Waals surface area (Å²) in [5, 5.41) is 11.9. The number of hydrogen-bond acceptors (Lipinski definition) is 4. The maximum absolute atomic E-state index is 12.3. The number of hydrogen-bond donors (Lipinski definition) is 1. The van der Waals surface area contributed by atoms with E-state index in [4.69, 9.17) is 5.26 Å². The average Bonchev–Trinajstić information content (AvgIpc) is 2.89. The van der Waals surface area contributed by atoms with E-state index in [0.717, 1.165) is 44.3 Å². The summed E-state index contributed by atoms with van der Waals surface area (Å²) in [5.41, 5.74) is 1.72. The minimum atomic E-state index is 0.00420. The Hall–Kier alpha value is -2.39. The normalized spacial score (nSPS) is 14.8. The number of amides is 2. The van der Waals surface area contributed by atoms with Gasteiger partial charge >= 0.3 is 0 Å². The Morgan fingerprint density at radius 2 is 2.00 bits per heavy atom. The zero-order valence-corrected chi connectivity index (χ0v) is 17.1. The van der Waals surface area contributed by atoms with Gasteiger partial charge in [0.25, 0.3) is 0 Å². The van der Waals surface area contributed by atoms with Crippen LogP contribution in [-0.4, -0.2) is 53.8 Å². The van der Waals surface area contributed by atoms with Crippen molar-refractivity contribution >= 4 is 11.8 Å². The highest BCUT2D eigenvalue weighted by Crippen LogP contribution is 2.11. The molecular formula is C22H32N4O2. The summed E-state index contributed by atoms with van der Waals surface area (Å²) in [4.78, 5) is 28.4. The van der Waals surface area contributed by atoms with Gasteiger partial charge < -0.3 is 10.2 Å². The topological polar surface area (TPSA) is 76.4 Å². The van der Waals surface area contributed by atoms with E-state index in [2.05, 4.69) is 30.1 Å². The molecule has 6 nitrogen and oxygen atoms in total. The minimum absolute atomic E-state index is 0.00420. The van der Waals surface area contributed by atoms with E-state index in [-0.39, 0.29) is 17.9 Å². The number of rotatable bonds is 9. The van der Waals surface area contributed by atoms with Gasteiger partial charge in [-0.3, -0.25) is 14.5 Å². The van der Waals surface area contributed by atoms with Gasteiger partial charge in [0, 0.05) is 38.6 Å². The van der Waals surface area contributed by atoms with Gasteiger partial charge in [-0.15, -0.1) is 0 Å². The first kappa shape index (κ1) is 21.9. The molecule has 1 aromatic carbocycles. The van der Waals surface area contributed by atoms with E-state index >= 15 is 0 Å². The molecule has 1 N–H and O–H groups in total. The van der Waals surface area contributed by atoms with Crippen molar-refractivity contribution in [3.63, 3.8) is 0 Å². The summed E-state index contributed by atoms with van der Waals surface area (Å²) in [7, 11) is 0. The lowest BCUT2D eigenvalue weighted by Gasteiger charge is -2.26. The van der Waals surface area contributed by atoms with E-state index in [1.165, 1.54) is 0 Å². The molecule has 6 heteroatoms. The second-order valence-corrected chi connectivity index (χ2v) is 7.70. The van der Waals surface area contributed by atoms with Crippen molar-refractivity contribution in [1.29, 1.82) is 5.26 Å². The SMILES string of the molecule is CC(C)N(CC(=O)NCCCN1CCCCCC1=O)Cc1ccc(C#N)cc1. The molecule has 2 rings (SSSR count). The zero-order valence-electron chi connectivity index (χ0n) is 17.1. The summed E-state index contributed by atoms with van der Waals surface area (Å²) in [6.45, 7) is 7.30. The predicted octanol–water partition coefficient (Wildman–Crippen LogP) is 2.68. The van der Waals surface area contributed by atoms with Gasteiger partial charge in [0.15, 0.2) is 0 Å². The van der Waals surface area contributed by atoms with E-state index in [0.29, 0.717) is 31.6 Å². The first-order chi connectivity index (χ1) is 13.5. The van der Waals surface area contributed by atoms with Crippen LogP contribution in [0.3, 0.4) is 0 Å². The Labute approximate surface area is 168 Å². The van der Waals surface area contributed by atoms with Crippen molar-refractivity contribution < 1.29 is 9.59 Å². The molecule has 1 aliphatic rings. The Morgan fingerprint density at radius 1 is 1.25 bits per heavy atom. The molecule has 28 heavy (non-hydrogen) atoms. The van der Waals surface area contributed by atoms with Crippen molar-refractivity contribution in [3.8, 4) is 6.07 Å². The first-order valence-electron chi connectivity index (χ1n) is 10.3. The number of nitriles is 1. The molecule has 1 fully saturated rings. The second kappa shape index (κ2) is 11.5. The van der Waals surface area contributed by atoms with Crippen LogP contribution in [0, 0.1) is 11.3 Å². The van der Waals surface area contributed by atoms with Crippen LogP contribution in [0.5, 0.6) is 0 Å². The van der Waals surface area contributed by atoms with Crippen LogP contribution in [0.15, 0.2) is 24.3 Å². The highest BCUT2D eigenvalue weighted by Gasteiger charge is 2.17. The molecule has 0 atom stereocenters. The summed E-state index contributed by atoms with van der Waals surface area (Å²) in [6.07, 6.45) is 4.65. The third-order valence-electron chi connectivity index (χ3n) is 5.14. The van der Waals surface area contributed by atoms with E-state index in [9.17, 15) is 9.59 Å². The molecular weight excluding hydrogens is 352 g/mol. The van der Waals surface area contributed by atoms with Crippen LogP contribution in [0.2, 0.25) is 0 Å². The smallest absolute Gasteiger partial charge is 0.234 e. The van der Waals surface area contributed by atoms with E-state index in [1.54, 1.807) is 12.1 Å². The van der Waals surface area contributed by atoms with Gasteiger partial charge in [-0.2, -0.15) is 5.26 Å². The first-order valence-corrected chi connectivity index (χ1v) is 10.3. The molecule has 0 bridgehead atoms. The molecule has 0 unspecified atom stereocenters. The minimum Gasteiger partial charge on any atom is -0.355 e. The van der Waals surface area contributed by atoms with Crippen LogP contribution < -0.4 is 5.32 Å². The van der Waals surface area contributed by atoms with Crippen molar-refractivity contribution in [1.82, 2.24) is 15.1 Å². The number of nitrogens with one attached hydrogen (secondary N) is 1. The third kappa shape index (κ3) is 7.32. The zero-order chi connectivity index (χ0) is 20.4. The summed E-state index contributed by atoms with van der Waals surface area (Å²) in [6, 6.07) is 9.83. The highest BCUT2D eigenvalue weighted by atomic mass is 16.2. The van der Waals surface area contributed by atoms with E-state index < -0.39 is 0 Å². The van der Waals surface area contributed by atoms with Crippen LogP contribution >= 0.6 is 0 Å².